The van der Waals surface area contributed by atoms with Crippen molar-refractivity contribution in [1.29, 1.82) is 0 Å². The molecule has 0 amide bonds. The molecule has 3 N–H and O–H groups in total. The summed E-state index contributed by atoms with van der Waals surface area (Å²) >= 11 is 0. The van der Waals surface area contributed by atoms with Gasteiger partial charge in [-0.3, -0.25) is 29.3 Å². The van der Waals surface area contributed by atoms with Crippen LogP contribution in [-0.4, -0.2) is 47.6 Å². The van der Waals surface area contributed by atoms with Crippen molar-refractivity contribution in [1.82, 2.24) is 15.0 Å². The summed E-state index contributed by atoms with van der Waals surface area (Å²) in [4.78, 5) is 47.8. The van der Waals surface area contributed by atoms with E-state index in [2.05, 4.69) is 314 Å². The van der Waals surface area contributed by atoms with Crippen molar-refractivity contribution in [2.24, 2.45) is 29.6 Å². The number of nitrogens with zero attached hydrogens (tertiary/aromatic N) is 3. The van der Waals surface area contributed by atoms with E-state index in [-0.39, 0.29) is 106 Å². The van der Waals surface area contributed by atoms with Crippen molar-refractivity contribution in [2.45, 2.75) is 195 Å². The molecule has 683 valence electrons. The molecule has 0 aliphatic heterocycles. The number of rotatable bonds is 18. The predicted octanol–water partition coefficient (Wildman–Crippen LogP) is 31.2. The van der Waals surface area contributed by atoms with Gasteiger partial charge >= 0.3 is 0 Å². The summed E-state index contributed by atoms with van der Waals surface area (Å²) in [6.45, 7) is 45.4. The molecule has 2 aliphatic rings. The Kier molecular flexibility index (Phi) is 36.0. The number of furan rings is 1. The van der Waals surface area contributed by atoms with Gasteiger partial charge in [0.2, 0.25) is 0 Å². The van der Waals surface area contributed by atoms with E-state index in [0.717, 1.165) is 95.4 Å². The third-order valence-electron chi connectivity index (χ3n) is 23.0. The van der Waals surface area contributed by atoms with Crippen LogP contribution in [-0.2, 0) is 92.0 Å². The fourth-order valence-electron chi connectivity index (χ4n) is 17.7. The van der Waals surface area contributed by atoms with Crippen molar-refractivity contribution >= 4 is 72.0 Å². The van der Waals surface area contributed by atoms with Crippen molar-refractivity contribution < 1.29 is 94.4 Å². The number of allylic oxidation sites excluding steroid dienone is 6. The van der Waals surface area contributed by atoms with Crippen molar-refractivity contribution in [3.63, 3.8) is 0 Å². The first-order chi connectivity index (χ1) is 60.8. The summed E-state index contributed by atoms with van der Waals surface area (Å²) in [5.41, 5.74) is 35.0. The Balaban J connectivity index is 0.000000188. The Morgan fingerprint density at radius 3 is 1.08 bits per heavy atom. The average molecular weight is 2270 g/mol. The zero-order chi connectivity index (χ0) is 92.3. The summed E-state index contributed by atoms with van der Waals surface area (Å²) in [7, 11) is 0. The maximum absolute atomic E-state index is 11.2. The Morgan fingerprint density at radius 2 is 0.718 bits per heavy atom. The number of carbonyl (C=O) groups excluding carboxylic acids is 3. The number of ketones is 3. The summed E-state index contributed by atoms with van der Waals surface area (Å²) in [5.74, 6) is 2.46. The monoisotopic (exact) mass is 2270 g/mol. The Bertz CT molecular complexity index is 6380. The van der Waals surface area contributed by atoms with Gasteiger partial charge in [0.05, 0.1) is 33.8 Å². The van der Waals surface area contributed by atoms with Gasteiger partial charge in [0, 0.05) is 148 Å². The second-order valence-electron chi connectivity index (χ2n) is 38.0. The quantitative estimate of drug-likeness (QED) is 0.0428. The molecule has 0 saturated heterocycles. The fraction of sp³-hybridized carbons (Fsp3) is 0.288. The molecule has 11 aromatic carbocycles. The van der Waals surface area contributed by atoms with Crippen molar-refractivity contribution in [3.8, 4) is 78.3 Å². The third-order valence-corrected chi connectivity index (χ3v) is 23.0. The van der Waals surface area contributed by atoms with Crippen LogP contribution in [0.5, 0.6) is 0 Å². The summed E-state index contributed by atoms with van der Waals surface area (Å²) in [6, 6.07) is 91.2. The van der Waals surface area contributed by atoms with Gasteiger partial charge in [0.25, 0.3) is 0 Å². The number of aliphatic hydroxyl groups is 3. The van der Waals surface area contributed by atoms with Crippen LogP contribution in [0.3, 0.4) is 0 Å². The molecule has 13 heteroatoms. The number of pyridine rings is 3. The van der Waals surface area contributed by atoms with Gasteiger partial charge in [-0.25, -0.2) is 0 Å². The molecule has 17 rings (SSSR count). The third kappa shape index (κ3) is 26.1. The van der Waals surface area contributed by atoms with E-state index in [1.165, 1.54) is 137 Å². The molecule has 0 spiro atoms. The number of fused-ring (bicyclic) bond motifs is 12. The van der Waals surface area contributed by atoms with Gasteiger partial charge in [-0.05, 0) is 176 Å². The number of para-hydroxylation sites is 1. The number of hydrogen-bond acceptors (Lipinski definition) is 10. The normalized spacial score (nSPS) is 12.6. The molecule has 0 atom stereocenters. The Labute approximate surface area is 817 Å². The number of aryl methyl sites for hydroxylation is 6. The molecule has 2 aliphatic carbocycles. The summed E-state index contributed by atoms with van der Waals surface area (Å²) < 4.78 is 6.12. The SMILES string of the molecule is CC(=O)C=C(C)O.CC(C)CC(=O)C=C(O)CC(C)C.CC(C)CC(=O)C=C(O)CC(C)C.Cc1[c-]c(-c2cc(-c3ccccc3)c3cc4c(cc3n2)C(C)(C)c2ccccc2-4)cc(C)c1.Cc1[c-]c(-c2cc(-c3ccccc3)c3cc4c(cc3n2)C(C)(C)c2ccccc2-4)cc(C)c1.Cc1[c-]c(-c2cc(CC(C)C)c3cc4c(cc3n2)oc2ccccc24)cc(C)c1.[Ir].[Ir].[Ir]. The minimum Gasteiger partial charge on any atom is -0.512 e. The summed E-state index contributed by atoms with van der Waals surface area (Å²) in [6.07, 6.45) is 7.11. The maximum Gasteiger partial charge on any atom is 0.159 e. The number of aromatic nitrogens is 3. The maximum atomic E-state index is 11.2. The second kappa shape index (κ2) is 45.4. The van der Waals surface area contributed by atoms with E-state index >= 15 is 0 Å². The van der Waals surface area contributed by atoms with E-state index in [0.29, 0.717) is 55.3 Å². The molecule has 0 unspecified atom stereocenters. The molecule has 0 bridgehead atoms. The average Bonchev–Trinajstić information content (AvgIpc) is 1.57. The number of carbonyl (C=O) groups is 3. The second-order valence-corrected chi connectivity index (χ2v) is 38.0. The van der Waals surface area contributed by atoms with Gasteiger partial charge in [-0.1, -0.05) is 284 Å². The Hall–Kier alpha value is -11.0. The standard InChI is InChI=1S/2C32H26N.C27H24NO.2C11H20O2.C5H8O2.3Ir/c2*1-20-14-21(2)16-23(15-20)30-18-25(22-10-6-5-7-11-22)27-17-26-24-12-8-9-13-28(24)32(3,4)29(26)19-31(27)33-30;1-16(2)9-19-13-24(20-11-17(3)10-18(4)12-20)28-25-15-27-23(14-22(19)25)21-7-5-6-8-26(21)29-27;2*1-8(2)5-10(12)7-11(13)6-9(3)4;1-4(6)3-5(2)7;;;/h2*5-15,17-19H,1-4H3;5-8,10-11,13-16H,9H2,1-4H3;2*7-9,12H,5-6H2,1-4H3;3,6H,1-2H3;;;/q3*-1;;;;;;. The minimum atomic E-state index is -0.125. The van der Waals surface area contributed by atoms with Crippen molar-refractivity contribution in [3.05, 3.63) is 339 Å². The first-order valence-electron chi connectivity index (χ1n) is 45.1. The molecule has 3 radical (unpaired) electrons. The van der Waals surface area contributed by atoms with E-state index in [9.17, 15) is 24.6 Å². The number of benzene rings is 11. The first kappa shape index (κ1) is 104. The van der Waals surface area contributed by atoms with Crippen LogP contribution in [0.25, 0.3) is 133 Å². The van der Waals surface area contributed by atoms with E-state index in [4.69, 9.17) is 24.5 Å². The zero-order valence-corrected chi connectivity index (χ0v) is 87.0. The van der Waals surface area contributed by atoms with Gasteiger partial charge in [-0.15, -0.1) is 105 Å². The van der Waals surface area contributed by atoms with Crippen LogP contribution in [0.15, 0.2) is 264 Å². The molecule has 15 aromatic rings. The van der Waals surface area contributed by atoms with Crippen LogP contribution < -0.4 is 0 Å². The molecule has 4 aromatic heterocycles. The van der Waals surface area contributed by atoms with E-state index < -0.39 is 0 Å². The first-order valence-corrected chi connectivity index (χ1v) is 45.1. The van der Waals surface area contributed by atoms with Crippen LogP contribution in [0.2, 0.25) is 0 Å². The molecule has 10 nitrogen and oxygen atoms in total. The topological polar surface area (TPSA) is 164 Å². The predicted molar refractivity (Wildman–Crippen MR) is 535 cm³/mol. The molecule has 131 heavy (non-hydrogen) atoms. The van der Waals surface area contributed by atoms with Crippen LogP contribution in [0.4, 0.5) is 0 Å². The van der Waals surface area contributed by atoms with E-state index in [1.807, 2.05) is 67.5 Å². The Morgan fingerprint density at radius 1 is 0.351 bits per heavy atom. The van der Waals surface area contributed by atoms with E-state index in [1.54, 1.807) is 0 Å². The van der Waals surface area contributed by atoms with Crippen LogP contribution in [0.1, 0.15) is 198 Å². The largest absolute Gasteiger partial charge is 0.512 e. The molecular formula is C118H124Ir3N3O7-3. The summed E-state index contributed by atoms with van der Waals surface area (Å²) in [5, 5.41) is 33.0. The van der Waals surface area contributed by atoms with Gasteiger partial charge in [0.1, 0.15) is 11.2 Å². The van der Waals surface area contributed by atoms with Gasteiger partial charge in [0.15, 0.2) is 17.3 Å². The molecule has 0 fully saturated rings. The van der Waals surface area contributed by atoms with Crippen LogP contribution in [0, 0.1) is 89.3 Å². The molecule has 0 saturated carbocycles. The zero-order valence-electron chi connectivity index (χ0n) is 79.8. The molecule has 4 heterocycles. The number of hydrogen-bond donors (Lipinski definition) is 3. The molecular weight excluding hydrogens is 2150 g/mol. The number of aliphatic hydroxyl groups excluding tert-OH is 3. The van der Waals surface area contributed by atoms with Crippen molar-refractivity contribution in [2.75, 3.05) is 0 Å². The van der Waals surface area contributed by atoms with Gasteiger partial charge < -0.3 is 19.7 Å². The smallest absolute Gasteiger partial charge is 0.159 e. The fourth-order valence-corrected chi connectivity index (χ4v) is 17.7. The van der Waals surface area contributed by atoms with Crippen LogP contribution >= 0.6 is 0 Å². The minimum absolute atomic E-state index is 0. The van der Waals surface area contributed by atoms with Gasteiger partial charge in [-0.2, -0.15) is 0 Å².